The zero-order chi connectivity index (χ0) is 21.8. The molecule has 3 aliphatic rings. The van der Waals surface area contributed by atoms with Gasteiger partial charge >= 0.3 is 0 Å². The highest BCUT2D eigenvalue weighted by molar-refractivity contribution is 6.74. The second-order valence-electron chi connectivity index (χ2n) is 10.2. The molecule has 0 saturated carbocycles. The van der Waals surface area contributed by atoms with Crippen LogP contribution in [0.15, 0.2) is 0 Å². The van der Waals surface area contributed by atoms with Crippen LogP contribution in [-0.2, 0) is 33.0 Å². The van der Waals surface area contributed by atoms with Crippen molar-refractivity contribution in [1.29, 1.82) is 0 Å². The van der Waals surface area contributed by atoms with Gasteiger partial charge in [-0.05, 0) is 32.0 Å². The summed E-state index contributed by atoms with van der Waals surface area (Å²) in [6, 6.07) is 0. The molecule has 3 saturated heterocycles. The van der Waals surface area contributed by atoms with Crippen LogP contribution in [0.4, 0.5) is 0 Å². The first kappa shape index (κ1) is 22.8. The summed E-state index contributed by atoms with van der Waals surface area (Å²) < 4.78 is 30.9. The normalized spacial score (nSPS) is 37.9. The van der Waals surface area contributed by atoms with Crippen molar-refractivity contribution in [3.05, 3.63) is 0 Å². The molecule has 1 spiro atoms. The van der Waals surface area contributed by atoms with Gasteiger partial charge in [-0.1, -0.05) is 20.8 Å². The van der Waals surface area contributed by atoms with Gasteiger partial charge in [0.15, 0.2) is 31.8 Å². The van der Waals surface area contributed by atoms with Gasteiger partial charge in [-0.2, -0.15) is 0 Å². The van der Waals surface area contributed by atoms with Crippen LogP contribution in [0.2, 0.25) is 18.1 Å². The van der Waals surface area contributed by atoms with E-state index in [0.717, 1.165) is 0 Å². The van der Waals surface area contributed by atoms with Crippen molar-refractivity contribution in [2.45, 2.75) is 102 Å². The van der Waals surface area contributed by atoms with Gasteiger partial charge < -0.3 is 28.7 Å². The fourth-order valence-corrected chi connectivity index (χ4v) is 5.24. The van der Waals surface area contributed by atoms with E-state index >= 15 is 0 Å². The second-order valence-corrected chi connectivity index (χ2v) is 14.9. The van der Waals surface area contributed by atoms with Crippen LogP contribution in [0.5, 0.6) is 0 Å². The number of amides is 1. The van der Waals surface area contributed by atoms with Gasteiger partial charge in [-0.15, -0.1) is 0 Å². The van der Waals surface area contributed by atoms with Gasteiger partial charge in [-0.25, -0.2) is 0 Å². The van der Waals surface area contributed by atoms with E-state index in [2.05, 4.69) is 39.2 Å². The molecular weight excluding hydrogens is 394 g/mol. The lowest BCUT2D eigenvalue weighted by molar-refractivity contribution is -0.292. The van der Waals surface area contributed by atoms with E-state index in [1.807, 2.05) is 13.8 Å². The summed E-state index contributed by atoms with van der Waals surface area (Å²) in [6.07, 6.45) is -2.40. The molecule has 0 unspecified atom stereocenters. The van der Waals surface area contributed by atoms with Gasteiger partial charge in [-0.3, -0.25) is 9.59 Å². The Kier molecular flexibility index (Phi) is 5.82. The van der Waals surface area contributed by atoms with Gasteiger partial charge in [0, 0.05) is 20.0 Å². The molecule has 5 atom stereocenters. The molecule has 0 aromatic carbocycles. The van der Waals surface area contributed by atoms with Gasteiger partial charge in [0.25, 0.3) is 0 Å². The van der Waals surface area contributed by atoms with Crippen LogP contribution in [-0.4, -0.2) is 69.7 Å². The van der Waals surface area contributed by atoms with E-state index in [9.17, 15) is 9.59 Å². The van der Waals surface area contributed by atoms with Crippen LogP contribution in [0.1, 0.15) is 47.5 Å². The Morgan fingerprint density at radius 3 is 2.28 bits per heavy atom. The molecule has 0 radical (unpaired) electrons. The second kappa shape index (κ2) is 7.39. The summed E-state index contributed by atoms with van der Waals surface area (Å²) in [5.41, 5.74) is -1.38. The molecule has 0 bridgehead atoms. The lowest BCUT2D eigenvalue weighted by Crippen LogP contribution is -2.72. The van der Waals surface area contributed by atoms with Crippen LogP contribution in [0, 0.1) is 0 Å². The van der Waals surface area contributed by atoms with Crippen molar-refractivity contribution in [3.63, 3.8) is 0 Å². The van der Waals surface area contributed by atoms with Crippen molar-refractivity contribution >= 4 is 20.0 Å². The van der Waals surface area contributed by atoms with E-state index in [4.69, 9.17) is 23.4 Å². The summed E-state index contributed by atoms with van der Waals surface area (Å²) in [4.78, 5) is 25.4. The fourth-order valence-electron chi connectivity index (χ4n) is 3.93. The first-order valence-electron chi connectivity index (χ1n) is 10.3. The monoisotopic (exact) mass is 429 g/mol. The highest BCUT2D eigenvalue weighted by Crippen LogP contribution is 2.47. The van der Waals surface area contributed by atoms with E-state index in [-0.39, 0.29) is 36.1 Å². The number of carbonyl (C=O) groups is 2. The molecule has 0 aromatic rings. The number of fused-ring (bicyclic) bond motifs is 1. The maximum atomic E-state index is 13.4. The third kappa shape index (κ3) is 4.05. The molecule has 1 amide bonds. The fraction of sp³-hybridized carbons (Fsp3) is 0.900. The molecule has 0 aliphatic carbocycles. The minimum absolute atomic E-state index is 0.0246. The Bertz CT molecular complexity index is 674. The number of hydrogen-bond donors (Lipinski definition) is 1. The summed E-state index contributed by atoms with van der Waals surface area (Å²) >= 11 is 0. The van der Waals surface area contributed by atoms with Crippen molar-refractivity contribution in [3.8, 4) is 0 Å². The molecule has 29 heavy (non-hydrogen) atoms. The van der Waals surface area contributed by atoms with Crippen molar-refractivity contribution in [2.75, 3.05) is 13.7 Å². The van der Waals surface area contributed by atoms with E-state index in [0.29, 0.717) is 0 Å². The van der Waals surface area contributed by atoms with E-state index in [1.165, 1.54) is 7.11 Å². The Balaban J connectivity index is 2.08. The first-order chi connectivity index (χ1) is 13.2. The van der Waals surface area contributed by atoms with Crippen LogP contribution >= 0.6 is 0 Å². The Morgan fingerprint density at radius 2 is 1.69 bits per heavy atom. The SMILES string of the molecule is CO[C@H]1O[C@@]2(CNC(=O)CCC2=O)[C@@H](O[Si](C)(C)C(C)(C)C)[C@H]2OC(C)(C)O[C@H]12. The van der Waals surface area contributed by atoms with Crippen LogP contribution in [0.3, 0.4) is 0 Å². The van der Waals surface area contributed by atoms with Crippen molar-refractivity contribution in [2.24, 2.45) is 0 Å². The maximum absolute atomic E-state index is 13.4. The standard InChI is InChI=1S/C20H35NO7Si/c1-18(2,3)29(7,8)28-16-14-15(26-19(4,5)25-14)17(24-6)27-20(16)11-21-13(23)10-9-12(20)22/h14-17H,9-11H2,1-8H3,(H,21,23)/t14-,15-,16-,17-,20+/m0/s1. The average Bonchev–Trinajstić information content (AvgIpc) is 2.85. The van der Waals surface area contributed by atoms with Crippen molar-refractivity contribution < 1.29 is 33.0 Å². The molecule has 9 heteroatoms. The quantitative estimate of drug-likeness (QED) is 0.687. The number of methoxy groups -OCH3 is 1. The Labute approximate surface area is 174 Å². The predicted molar refractivity (Wildman–Crippen MR) is 108 cm³/mol. The molecular formula is C20H35NO7Si. The first-order valence-corrected chi connectivity index (χ1v) is 13.2. The smallest absolute Gasteiger partial charge is 0.220 e. The number of ether oxygens (including phenoxy) is 4. The lowest BCUT2D eigenvalue weighted by atomic mass is 9.82. The molecule has 166 valence electrons. The van der Waals surface area contributed by atoms with Gasteiger partial charge in [0.2, 0.25) is 5.91 Å². The molecule has 3 rings (SSSR count). The van der Waals surface area contributed by atoms with Crippen LogP contribution in [0.25, 0.3) is 0 Å². The molecule has 3 fully saturated rings. The number of rotatable bonds is 3. The average molecular weight is 430 g/mol. The number of Topliss-reactive ketones (excluding diaryl/α,β-unsaturated/α-hetero) is 1. The minimum Gasteiger partial charge on any atom is -0.408 e. The Morgan fingerprint density at radius 1 is 1.07 bits per heavy atom. The lowest BCUT2D eigenvalue weighted by Gasteiger charge is -2.52. The van der Waals surface area contributed by atoms with Gasteiger partial charge in [0.1, 0.15) is 18.3 Å². The number of carbonyl (C=O) groups excluding carboxylic acids is 2. The largest absolute Gasteiger partial charge is 0.408 e. The number of hydrogen-bond acceptors (Lipinski definition) is 7. The predicted octanol–water partition coefficient (Wildman–Crippen LogP) is 2.12. The molecule has 3 heterocycles. The molecule has 3 aliphatic heterocycles. The summed E-state index contributed by atoms with van der Waals surface area (Å²) in [5, 5.41) is 2.74. The Hall–Kier alpha value is -0.843. The van der Waals surface area contributed by atoms with E-state index < -0.39 is 44.3 Å². The number of ketones is 1. The number of nitrogens with one attached hydrogen (secondary N) is 1. The van der Waals surface area contributed by atoms with Crippen molar-refractivity contribution in [1.82, 2.24) is 5.32 Å². The molecule has 1 N–H and O–H groups in total. The van der Waals surface area contributed by atoms with Gasteiger partial charge in [0.05, 0.1) is 6.54 Å². The highest BCUT2D eigenvalue weighted by atomic mass is 28.4. The zero-order valence-electron chi connectivity index (χ0n) is 18.8. The third-order valence-electron chi connectivity index (χ3n) is 6.58. The van der Waals surface area contributed by atoms with E-state index in [1.54, 1.807) is 0 Å². The highest BCUT2D eigenvalue weighted by Gasteiger charge is 2.66. The summed E-state index contributed by atoms with van der Waals surface area (Å²) in [7, 11) is -0.812. The maximum Gasteiger partial charge on any atom is 0.220 e. The van der Waals surface area contributed by atoms with Crippen LogP contribution < -0.4 is 5.32 Å². The summed E-state index contributed by atoms with van der Waals surface area (Å²) in [5.74, 6) is -1.22. The third-order valence-corrected chi connectivity index (χ3v) is 11.0. The zero-order valence-corrected chi connectivity index (χ0v) is 19.8. The molecule has 8 nitrogen and oxygen atoms in total. The summed E-state index contributed by atoms with van der Waals surface area (Å²) in [6.45, 7) is 14.3. The molecule has 0 aromatic heterocycles. The minimum atomic E-state index is -2.33. The topological polar surface area (TPSA) is 92.3 Å².